The summed E-state index contributed by atoms with van der Waals surface area (Å²) in [6, 6.07) is 14.0. The zero-order valence-electron chi connectivity index (χ0n) is 18.0. The third-order valence-corrected chi connectivity index (χ3v) is 6.02. The van der Waals surface area contributed by atoms with Crippen molar-refractivity contribution in [1.82, 2.24) is 0 Å². The molecule has 0 aromatic heterocycles. The van der Waals surface area contributed by atoms with E-state index in [2.05, 4.69) is 13.8 Å². The van der Waals surface area contributed by atoms with Gasteiger partial charge in [-0.05, 0) is 89.1 Å². The Balaban J connectivity index is 1.94. The molecule has 0 saturated carbocycles. The first-order valence-corrected chi connectivity index (χ1v) is 10.8. The van der Waals surface area contributed by atoms with Crippen LogP contribution >= 0.6 is 23.2 Å². The van der Waals surface area contributed by atoms with Gasteiger partial charge in [0.05, 0.1) is 0 Å². The van der Waals surface area contributed by atoms with E-state index in [9.17, 15) is 9.59 Å². The molecule has 0 bridgehead atoms. The number of carbonyl (C=O) groups is 2. The molecule has 2 aromatic rings. The minimum atomic E-state index is 0.0977. The number of benzene rings is 2. The van der Waals surface area contributed by atoms with Crippen molar-refractivity contribution in [2.75, 3.05) is 0 Å². The van der Waals surface area contributed by atoms with Gasteiger partial charge in [0.1, 0.15) is 0 Å². The highest BCUT2D eigenvalue weighted by atomic mass is 35.5. The largest absolute Gasteiger partial charge is 0.294 e. The molecule has 0 aliphatic rings. The van der Waals surface area contributed by atoms with Gasteiger partial charge in [-0.25, -0.2) is 0 Å². The predicted molar refractivity (Wildman–Crippen MR) is 127 cm³/mol. The van der Waals surface area contributed by atoms with Gasteiger partial charge in [-0.2, -0.15) is 0 Å². The summed E-state index contributed by atoms with van der Waals surface area (Å²) in [6.07, 6.45) is 2.56. The van der Waals surface area contributed by atoms with Gasteiger partial charge in [0, 0.05) is 34.0 Å². The normalized spacial score (nSPS) is 12.9. The Bertz CT molecular complexity index is 884. The van der Waals surface area contributed by atoms with Gasteiger partial charge in [-0.1, -0.05) is 45.5 Å². The van der Waals surface area contributed by atoms with Gasteiger partial charge in [-0.15, -0.1) is 0 Å². The molecular formula is C26H28Cl2O2. The SMILES string of the molecule is C/C(CC/C(C)=C(\C)CC(=O)c1ccc(Cl)cc1)=C(/C)CC(=O)c1ccc(Cl)cc1. The topological polar surface area (TPSA) is 34.1 Å². The number of halogens is 2. The molecule has 0 heterocycles. The van der Waals surface area contributed by atoms with Crippen molar-refractivity contribution in [2.45, 2.75) is 53.4 Å². The van der Waals surface area contributed by atoms with E-state index >= 15 is 0 Å². The Hall–Kier alpha value is -2.16. The van der Waals surface area contributed by atoms with Gasteiger partial charge in [0.25, 0.3) is 0 Å². The second-order valence-corrected chi connectivity index (χ2v) is 8.71. The first-order chi connectivity index (χ1) is 14.2. The van der Waals surface area contributed by atoms with Crippen LogP contribution in [0.4, 0.5) is 0 Å². The summed E-state index contributed by atoms with van der Waals surface area (Å²) in [4.78, 5) is 24.9. The summed E-state index contributed by atoms with van der Waals surface area (Å²) in [6.45, 7) is 8.18. The Morgan fingerprint density at radius 3 is 1.17 bits per heavy atom. The maximum Gasteiger partial charge on any atom is 0.166 e. The van der Waals surface area contributed by atoms with Crippen LogP contribution in [-0.4, -0.2) is 11.6 Å². The van der Waals surface area contributed by atoms with Gasteiger partial charge < -0.3 is 0 Å². The number of hydrogen-bond donors (Lipinski definition) is 0. The number of Topliss-reactive ketones (excluding diaryl/α,β-unsaturated/α-hetero) is 2. The molecule has 30 heavy (non-hydrogen) atoms. The van der Waals surface area contributed by atoms with Crippen LogP contribution in [0.2, 0.25) is 10.0 Å². The van der Waals surface area contributed by atoms with Crippen LogP contribution in [0.1, 0.15) is 74.1 Å². The van der Waals surface area contributed by atoms with E-state index in [4.69, 9.17) is 23.2 Å². The van der Waals surface area contributed by atoms with E-state index in [1.165, 1.54) is 11.1 Å². The van der Waals surface area contributed by atoms with Crippen molar-refractivity contribution < 1.29 is 9.59 Å². The lowest BCUT2D eigenvalue weighted by Gasteiger charge is -2.11. The second-order valence-electron chi connectivity index (χ2n) is 7.84. The highest BCUT2D eigenvalue weighted by molar-refractivity contribution is 6.31. The molecule has 4 heteroatoms. The van der Waals surface area contributed by atoms with Crippen molar-refractivity contribution in [3.63, 3.8) is 0 Å². The number of hydrogen-bond acceptors (Lipinski definition) is 2. The Morgan fingerprint density at radius 1 is 0.567 bits per heavy atom. The number of rotatable bonds is 9. The average Bonchev–Trinajstić information content (AvgIpc) is 2.72. The van der Waals surface area contributed by atoms with Crippen molar-refractivity contribution in [3.05, 3.63) is 92.0 Å². The van der Waals surface area contributed by atoms with Crippen LogP contribution in [0.15, 0.2) is 70.8 Å². The zero-order chi connectivity index (χ0) is 22.3. The maximum atomic E-state index is 12.5. The van der Waals surface area contributed by atoms with Crippen LogP contribution in [0.25, 0.3) is 0 Å². The van der Waals surface area contributed by atoms with Crippen molar-refractivity contribution >= 4 is 34.8 Å². The molecule has 0 fully saturated rings. The Kier molecular flexibility index (Phi) is 9.08. The van der Waals surface area contributed by atoms with E-state index in [-0.39, 0.29) is 11.6 Å². The monoisotopic (exact) mass is 442 g/mol. The quantitative estimate of drug-likeness (QED) is 0.289. The smallest absolute Gasteiger partial charge is 0.166 e. The van der Waals surface area contributed by atoms with Crippen LogP contribution in [-0.2, 0) is 0 Å². The lowest BCUT2D eigenvalue weighted by molar-refractivity contribution is 0.0984. The average molecular weight is 443 g/mol. The minimum Gasteiger partial charge on any atom is -0.294 e. The molecule has 0 N–H and O–H groups in total. The number of allylic oxidation sites excluding steroid dienone is 4. The standard InChI is InChI=1S/C26H28Cl2O2/c1-17(19(3)15-25(29)21-7-11-23(27)12-8-21)5-6-18(2)20(4)16-26(30)22-9-13-24(28)14-10-22/h7-14H,5-6,15-16H2,1-4H3/b19-17+,20-18+. The summed E-state index contributed by atoms with van der Waals surface area (Å²) in [5, 5.41) is 1.25. The highest BCUT2D eigenvalue weighted by Gasteiger charge is 2.11. The maximum absolute atomic E-state index is 12.5. The third kappa shape index (κ3) is 7.27. The third-order valence-electron chi connectivity index (χ3n) is 5.52. The molecule has 0 atom stereocenters. The first-order valence-electron chi connectivity index (χ1n) is 10.1. The predicted octanol–water partition coefficient (Wildman–Crippen LogP) is 8.29. The van der Waals surface area contributed by atoms with Gasteiger partial charge in [0.15, 0.2) is 11.6 Å². The summed E-state index contributed by atoms with van der Waals surface area (Å²) >= 11 is 11.8. The minimum absolute atomic E-state index is 0.0977. The molecular weight excluding hydrogens is 415 g/mol. The van der Waals surface area contributed by atoms with E-state index in [0.29, 0.717) is 34.0 Å². The molecule has 2 nitrogen and oxygen atoms in total. The molecule has 158 valence electrons. The van der Waals surface area contributed by atoms with Crippen LogP contribution in [0.5, 0.6) is 0 Å². The van der Waals surface area contributed by atoms with Gasteiger partial charge in [-0.3, -0.25) is 9.59 Å². The van der Waals surface area contributed by atoms with Crippen LogP contribution in [0, 0.1) is 0 Å². The molecule has 0 radical (unpaired) electrons. The fourth-order valence-corrected chi connectivity index (χ4v) is 3.31. The molecule has 0 aliphatic heterocycles. The van der Waals surface area contributed by atoms with Crippen molar-refractivity contribution in [1.29, 1.82) is 0 Å². The van der Waals surface area contributed by atoms with E-state index in [0.717, 1.165) is 24.0 Å². The van der Waals surface area contributed by atoms with E-state index in [1.807, 2.05) is 13.8 Å². The summed E-state index contributed by atoms with van der Waals surface area (Å²) in [7, 11) is 0. The molecule has 2 aromatic carbocycles. The Labute approximate surface area is 189 Å². The second kappa shape index (κ2) is 11.3. The lowest BCUT2D eigenvalue weighted by Crippen LogP contribution is -2.02. The molecule has 0 aliphatic carbocycles. The van der Waals surface area contributed by atoms with Crippen molar-refractivity contribution in [3.8, 4) is 0 Å². The fraction of sp³-hybridized carbons (Fsp3) is 0.308. The Morgan fingerprint density at radius 2 is 0.867 bits per heavy atom. The fourth-order valence-electron chi connectivity index (χ4n) is 3.06. The number of ketones is 2. The molecule has 2 rings (SSSR count). The summed E-state index contributed by atoms with van der Waals surface area (Å²) < 4.78 is 0. The summed E-state index contributed by atoms with van der Waals surface area (Å²) in [5.41, 5.74) is 5.98. The molecule has 0 saturated heterocycles. The van der Waals surface area contributed by atoms with Crippen molar-refractivity contribution in [2.24, 2.45) is 0 Å². The van der Waals surface area contributed by atoms with E-state index < -0.39 is 0 Å². The molecule has 0 unspecified atom stereocenters. The lowest BCUT2D eigenvalue weighted by atomic mass is 9.94. The summed E-state index contributed by atoms with van der Waals surface area (Å²) in [5.74, 6) is 0.195. The van der Waals surface area contributed by atoms with Crippen LogP contribution in [0.3, 0.4) is 0 Å². The highest BCUT2D eigenvalue weighted by Crippen LogP contribution is 2.22. The van der Waals surface area contributed by atoms with Crippen LogP contribution < -0.4 is 0 Å². The zero-order valence-corrected chi connectivity index (χ0v) is 19.5. The molecule has 0 spiro atoms. The number of carbonyl (C=O) groups excluding carboxylic acids is 2. The van der Waals surface area contributed by atoms with E-state index in [1.54, 1.807) is 48.5 Å². The molecule has 0 amide bonds. The van der Waals surface area contributed by atoms with Gasteiger partial charge >= 0.3 is 0 Å². The van der Waals surface area contributed by atoms with Gasteiger partial charge in [0.2, 0.25) is 0 Å². The first kappa shape index (κ1) is 24.1.